The summed E-state index contributed by atoms with van der Waals surface area (Å²) >= 11 is 5.99. The van der Waals surface area contributed by atoms with Crippen molar-refractivity contribution >= 4 is 49.1 Å². The van der Waals surface area contributed by atoms with Crippen LogP contribution in [0.3, 0.4) is 0 Å². The lowest BCUT2D eigenvalue weighted by atomic mass is 10.2. The number of aliphatic hydroxyl groups excluding tert-OH is 1. The van der Waals surface area contributed by atoms with Gasteiger partial charge in [-0.3, -0.25) is 4.31 Å². The predicted molar refractivity (Wildman–Crippen MR) is 143 cm³/mol. The van der Waals surface area contributed by atoms with E-state index in [-0.39, 0.29) is 18.0 Å². The van der Waals surface area contributed by atoms with Gasteiger partial charge in [-0.15, -0.1) is 0 Å². The fourth-order valence-electron chi connectivity index (χ4n) is 4.52. The van der Waals surface area contributed by atoms with Gasteiger partial charge in [0.25, 0.3) is 10.0 Å². The highest BCUT2D eigenvalue weighted by Gasteiger charge is 2.28. The third kappa shape index (κ3) is 4.52. The number of benzene rings is 4. The first kappa shape index (κ1) is 23.4. The molecular weight excluding hydrogens is 480 g/mol. The van der Waals surface area contributed by atoms with Crippen LogP contribution in [0.2, 0.25) is 5.02 Å². The second-order valence-electron chi connectivity index (χ2n) is 8.63. The minimum absolute atomic E-state index is 0.102. The van der Waals surface area contributed by atoms with E-state index in [0.29, 0.717) is 10.7 Å². The molecule has 1 N–H and O–H groups in total. The molecule has 0 amide bonds. The molecule has 5 nitrogen and oxygen atoms in total. The summed E-state index contributed by atoms with van der Waals surface area (Å²) in [6.07, 6.45) is -0.961. The molecule has 5 rings (SSSR count). The number of sulfonamides is 1. The summed E-state index contributed by atoms with van der Waals surface area (Å²) in [5, 5.41) is 13.9. The van der Waals surface area contributed by atoms with E-state index >= 15 is 0 Å². The molecule has 5 aromatic rings. The van der Waals surface area contributed by atoms with Crippen molar-refractivity contribution in [2.24, 2.45) is 0 Å². The van der Waals surface area contributed by atoms with Crippen LogP contribution >= 0.6 is 11.6 Å². The average molecular weight is 505 g/mol. The Morgan fingerprint density at radius 3 is 2.06 bits per heavy atom. The average Bonchev–Trinajstić information content (AvgIpc) is 3.16. The van der Waals surface area contributed by atoms with Crippen LogP contribution in [0.15, 0.2) is 102 Å². The molecule has 1 aromatic heterocycles. The van der Waals surface area contributed by atoms with Crippen LogP contribution in [0, 0.1) is 6.92 Å². The van der Waals surface area contributed by atoms with Crippen molar-refractivity contribution in [1.29, 1.82) is 0 Å². The fraction of sp³-hybridized carbons (Fsp3) is 0.143. The van der Waals surface area contributed by atoms with Gasteiger partial charge >= 0.3 is 0 Å². The molecule has 0 radical (unpaired) electrons. The van der Waals surface area contributed by atoms with Crippen LogP contribution in [-0.4, -0.2) is 30.7 Å². The number of para-hydroxylation sites is 2. The number of hydrogen-bond donors (Lipinski definition) is 1. The van der Waals surface area contributed by atoms with E-state index in [9.17, 15) is 13.5 Å². The summed E-state index contributed by atoms with van der Waals surface area (Å²) in [5.41, 5.74) is 3.42. The number of nitrogens with zero attached hydrogens (tertiary/aromatic N) is 2. The molecule has 178 valence electrons. The van der Waals surface area contributed by atoms with Crippen LogP contribution in [0.1, 0.15) is 5.56 Å². The number of fused-ring (bicyclic) bond motifs is 3. The SMILES string of the molecule is Cc1cccc(N(C[C@@H](O)Cn2c3ccccc3c3ccccc32)S(=O)(=O)c2ccc(Cl)cc2)c1. The van der Waals surface area contributed by atoms with Crippen LogP contribution in [-0.2, 0) is 16.6 Å². The summed E-state index contributed by atoms with van der Waals surface area (Å²) in [6, 6.07) is 29.4. The zero-order valence-electron chi connectivity index (χ0n) is 19.2. The lowest BCUT2D eigenvalue weighted by Gasteiger charge is -2.27. The van der Waals surface area contributed by atoms with E-state index in [2.05, 4.69) is 16.7 Å². The van der Waals surface area contributed by atoms with Crippen molar-refractivity contribution < 1.29 is 13.5 Å². The second-order valence-corrected chi connectivity index (χ2v) is 10.9. The number of aliphatic hydroxyl groups is 1. The zero-order chi connectivity index (χ0) is 24.6. The van der Waals surface area contributed by atoms with Gasteiger partial charge in [0, 0.05) is 26.8 Å². The van der Waals surface area contributed by atoms with Crippen molar-refractivity contribution in [3.05, 3.63) is 108 Å². The highest BCUT2D eigenvalue weighted by Crippen LogP contribution is 2.30. The minimum Gasteiger partial charge on any atom is -0.389 e. The first-order valence-corrected chi connectivity index (χ1v) is 13.2. The lowest BCUT2D eigenvalue weighted by Crippen LogP contribution is -2.39. The van der Waals surface area contributed by atoms with E-state index in [1.54, 1.807) is 24.3 Å². The molecular formula is C28H25ClN2O3S. The lowest BCUT2D eigenvalue weighted by molar-refractivity contribution is 0.166. The minimum atomic E-state index is -3.94. The number of rotatable bonds is 7. The molecule has 0 aliphatic rings. The number of aryl methyl sites for hydroxylation is 1. The zero-order valence-corrected chi connectivity index (χ0v) is 20.7. The Hall–Kier alpha value is -3.32. The summed E-state index contributed by atoms with van der Waals surface area (Å²) < 4.78 is 30.7. The quantitative estimate of drug-likeness (QED) is 0.295. The molecule has 0 aliphatic carbocycles. The number of anilines is 1. The molecule has 0 saturated carbocycles. The van der Waals surface area contributed by atoms with Gasteiger partial charge in [0.15, 0.2) is 0 Å². The Labute approximate surface area is 209 Å². The topological polar surface area (TPSA) is 62.5 Å². The highest BCUT2D eigenvalue weighted by atomic mass is 35.5. The van der Waals surface area contributed by atoms with Gasteiger partial charge < -0.3 is 9.67 Å². The standard InChI is InChI=1S/C28H25ClN2O3S/c1-20-7-6-8-22(17-20)31(35(33,34)24-15-13-21(29)14-16-24)19-23(32)18-30-27-11-4-2-9-25(27)26-10-3-5-12-28(26)30/h2-17,23,32H,18-19H2,1H3/t23-/m0/s1. The van der Waals surface area contributed by atoms with Crippen molar-refractivity contribution in [3.8, 4) is 0 Å². The van der Waals surface area contributed by atoms with Gasteiger partial charge in [0.1, 0.15) is 0 Å². The van der Waals surface area contributed by atoms with Gasteiger partial charge in [0.2, 0.25) is 0 Å². The normalized spacial score (nSPS) is 12.8. The number of hydrogen-bond acceptors (Lipinski definition) is 3. The Kier molecular flexibility index (Phi) is 6.28. The van der Waals surface area contributed by atoms with E-state index in [0.717, 1.165) is 27.4 Å². The molecule has 0 fully saturated rings. The smallest absolute Gasteiger partial charge is 0.264 e. The van der Waals surface area contributed by atoms with E-state index in [1.165, 1.54) is 16.4 Å². The molecule has 1 atom stereocenters. The maximum absolute atomic E-state index is 13.7. The van der Waals surface area contributed by atoms with Gasteiger partial charge in [-0.1, -0.05) is 60.1 Å². The Morgan fingerprint density at radius 1 is 0.857 bits per heavy atom. The molecule has 7 heteroatoms. The second kappa shape index (κ2) is 9.38. The van der Waals surface area contributed by atoms with Crippen molar-refractivity contribution in [2.75, 3.05) is 10.8 Å². The van der Waals surface area contributed by atoms with E-state index < -0.39 is 16.1 Å². The monoisotopic (exact) mass is 504 g/mol. The number of aromatic nitrogens is 1. The Morgan fingerprint density at radius 2 is 1.46 bits per heavy atom. The van der Waals surface area contributed by atoms with Crippen LogP contribution in [0.25, 0.3) is 21.8 Å². The molecule has 0 spiro atoms. The Balaban J connectivity index is 1.53. The summed E-state index contributed by atoms with van der Waals surface area (Å²) in [4.78, 5) is 0.118. The van der Waals surface area contributed by atoms with Crippen molar-refractivity contribution in [3.63, 3.8) is 0 Å². The maximum atomic E-state index is 13.7. The van der Waals surface area contributed by atoms with Gasteiger partial charge in [-0.05, 0) is 61.0 Å². The summed E-state index contributed by atoms with van der Waals surface area (Å²) in [7, 11) is -3.94. The molecule has 0 aliphatic heterocycles. The van der Waals surface area contributed by atoms with Gasteiger partial charge in [-0.2, -0.15) is 0 Å². The van der Waals surface area contributed by atoms with Crippen LogP contribution in [0.4, 0.5) is 5.69 Å². The first-order chi connectivity index (χ1) is 16.8. The first-order valence-electron chi connectivity index (χ1n) is 11.3. The molecule has 0 bridgehead atoms. The molecule has 1 heterocycles. The Bertz CT molecular complexity index is 1560. The van der Waals surface area contributed by atoms with Gasteiger partial charge in [-0.25, -0.2) is 8.42 Å². The third-order valence-electron chi connectivity index (χ3n) is 6.14. The van der Waals surface area contributed by atoms with Gasteiger partial charge in [0.05, 0.1) is 29.8 Å². The van der Waals surface area contributed by atoms with E-state index in [4.69, 9.17) is 11.6 Å². The summed E-state index contributed by atoms with van der Waals surface area (Å²) in [6.45, 7) is 2.05. The van der Waals surface area contributed by atoms with E-state index in [1.807, 2.05) is 55.5 Å². The van der Waals surface area contributed by atoms with Crippen molar-refractivity contribution in [1.82, 2.24) is 4.57 Å². The molecule has 4 aromatic carbocycles. The van der Waals surface area contributed by atoms with Crippen molar-refractivity contribution in [2.45, 2.75) is 24.5 Å². The largest absolute Gasteiger partial charge is 0.389 e. The fourth-order valence-corrected chi connectivity index (χ4v) is 6.14. The third-order valence-corrected chi connectivity index (χ3v) is 8.20. The van der Waals surface area contributed by atoms with Crippen LogP contribution < -0.4 is 4.31 Å². The summed E-state index contributed by atoms with van der Waals surface area (Å²) in [5.74, 6) is 0. The molecule has 0 unspecified atom stereocenters. The number of halogens is 1. The van der Waals surface area contributed by atoms with Crippen LogP contribution in [0.5, 0.6) is 0 Å². The predicted octanol–water partition coefficient (Wildman–Crippen LogP) is 6.01. The molecule has 0 saturated heterocycles. The maximum Gasteiger partial charge on any atom is 0.264 e. The highest BCUT2D eigenvalue weighted by molar-refractivity contribution is 7.92. The molecule has 35 heavy (non-hydrogen) atoms.